The number of tetrazole rings is 1. The van der Waals surface area contributed by atoms with E-state index < -0.39 is 0 Å². The molecule has 62 valence electrons. The van der Waals surface area contributed by atoms with E-state index in [2.05, 4.69) is 34.5 Å². The predicted octanol–water partition coefficient (Wildman–Crippen LogP) is 0.643. The molecule has 0 N–H and O–H groups in total. The number of hydrogen-bond donors (Lipinski definition) is 0. The maximum atomic E-state index is 4.04. The van der Waals surface area contributed by atoms with Crippen molar-refractivity contribution in [1.29, 1.82) is 0 Å². The van der Waals surface area contributed by atoms with Gasteiger partial charge in [-0.2, -0.15) is 5.10 Å². The first-order chi connectivity index (χ1) is 5.77. The molecule has 0 aromatic carbocycles. The van der Waals surface area contributed by atoms with Crippen molar-refractivity contribution in [3.63, 3.8) is 0 Å². The van der Waals surface area contributed by atoms with E-state index in [-0.39, 0.29) is 0 Å². The zero-order valence-electron chi connectivity index (χ0n) is 6.97. The van der Waals surface area contributed by atoms with Crippen molar-refractivity contribution >= 4 is 5.65 Å². The van der Waals surface area contributed by atoms with Gasteiger partial charge in [0, 0.05) is 0 Å². The summed E-state index contributed by atoms with van der Waals surface area (Å²) in [5.74, 6) is 0.458. The van der Waals surface area contributed by atoms with Gasteiger partial charge in [-0.05, 0) is 28.0 Å². The van der Waals surface area contributed by atoms with Crippen LogP contribution in [0, 0.1) is 0 Å². The molecule has 2 aromatic heterocycles. The normalized spacial score (nSPS) is 11.2. The quantitative estimate of drug-likeness (QED) is 0.619. The smallest absolute Gasteiger partial charge is 0.155 e. The molecule has 0 saturated heterocycles. The molecule has 0 unspecified atom stereocenters. The topological polar surface area (TPSA) is 56.0 Å². The zero-order chi connectivity index (χ0) is 8.55. The van der Waals surface area contributed by atoms with Crippen LogP contribution in [-0.4, -0.2) is 25.3 Å². The molecular weight excluding hydrogens is 154 g/mol. The standard InChI is InChI=1S/C7H9N5/c1-5(2)6-3-7-9-10-11-12(7)8-4-6/h3-5H,1-2H3. The molecule has 2 heterocycles. The summed E-state index contributed by atoms with van der Waals surface area (Å²) >= 11 is 0. The molecule has 0 aliphatic carbocycles. The van der Waals surface area contributed by atoms with Gasteiger partial charge >= 0.3 is 0 Å². The van der Waals surface area contributed by atoms with Crippen LogP contribution in [0.1, 0.15) is 25.3 Å². The van der Waals surface area contributed by atoms with E-state index in [0.717, 1.165) is 5.56 Å². The molecule has 12 heavy (non-hydrogen) atoms. The SMILES string of the molecule is CC(C)c1cnn2nnnc2c1. The van der Waals surface area contributed by atoms with Gasteiger partial charge in [-0.15, -0.1) is 9.73 Å². The Morgan fingerprint density at radius 3 is 3.00 bits per heavy atom. The van der Waals surface area contributed by atoms with E-state index in [1.165, 1.54) is 4.63 Å². The van der Waals surface area contributed by atoms with Crippen LogP contribution in [0.4, 0.5) is 0 Å². The number of aromatic nitrogens is 5. The van der Waals surface area contributed by atoms with Gasteiger partial charge in [0.2, 0.25) is 0 Å². The Balaban J connectivity index is 2.60. The highest BCUT2D eigenvalue weighted by Gasteiger charge is 2.02. The van der Waals surface area contributed by atoms with Crippen molar-refractivity contribution in [3.05, 3.63) is 17.8 Å². The molecule has 0 amide bonds. The maximum absolute atomic E-state index is 4.04. The molecule has 2 aromatic rings. The van der Waals surface area contributed by atoms with Gasteiger partial charge in [0.1, 0.15) is 0 Å². The summed E-state index contributed by atoms with van der Waals surface area (Å²) in [5, 5.41) is 15.0. The molecule has 0 saturated carbocycles. The second kappa shape index (κ2) is 2.51. The summed E-state index contributed by atoms with van der Waals surface area (Å²) in [4.78, 5) is 0. The Morgan fingerprint density at radius 1 is 1.42 bits per heavy atom. The second-order valence-electron chi connectivity index (χ2n) is 2.97. The fraction of sp³-hybridized carbons (Fsp3) is 0.429. The lowest BCUT2D eigenvalue weighted by Crippen LogP contribution is -1.97. The van der Waals surface area contributed by atoms with Crippen LogP contribution in [0.25, 0.3) is 5.65 Å². The van der Waals surface area contributed by atoms with E-state index in [9.17, 15) is 0 Å². The highest BCUT2D eigenvalue weighted by atomic mass is 15.6. The molecule has 2 rings (SSSR count). The van der Waals surface area contributed by atoms with E-state index in [1.54, 1.807) is 6.20 Å². The molecule has 0 bridgehead atoms. The Morgan fingerprint density at radius 2 is 2.25 bits per heavy atom. The first kappa shape index (κ1) is 7.15. The minimum absolute atomic E-state index is 0.458. The fourth-order valence-corrected chi connectivity index (χ4v) is 0.982. The van der Waals surface area contributed by atoms with E-state index in [4.69, 9.17) is 0 Å². The average Bonchev–Trinajstić information content (AvgIpc) is 2.49. The molecule has 0 atom stereocenters. The monoisotopic (exact) mass is 163 g/mol. The Kier molecular flexibility index (Phi) is 1.49. The van der Waals surface area contributed by atoms with Crippen LogP contribution in [0.3, 0.4) is 0 Å². The lowest BCUT2D eigenvalue weighted by atomic mass is 10.1. The number of nitrogens with zero attached hydrogens (tertiary/aromatic N) is 5. The number of hydrogen-bond acceptors (Lipinski definition) is 4. The Bertz CT molecular complexity index is 391. The fourth-order valence-electron chi connectivity index (χ4n) is 0.982. The molecule has 0 spiro atoms. The lowest BCUT2D eigenvalue weighted by Gasteiger charge is -2.01. The summed E-state index contributed by atoms with van der Waals surface area (Å²) < 4.78 is 1.41. The summed E-state index contributed by atoms with van der Waals surface area (Å²) in [7, 11) is 0. The van der Waals surface area contributed by atoms with Crippen molar-refractivity contribution in [2.75, 3.05) is 0 Å². The minimum Gasteiger partial charge on any atom is -0.155 e. The highest BCUT2D eigenvalue weighted by molar-refractivity contribution is 5.36. The van der Waals surface area contributed by atoms with Crippen molar-refractivity contribution in [3.8, 4) is 0 Å². The third kappa shape index (κ3) is 1.03. The first-order valence-electron chi connectivity index (χ1n) is 3.81. The minimum atomic E-state index is 0.458. The van der Waals surface area contributed by atoms with Crippen LogP contribution >= 0.6 is 0 Å². The van der Waals surface area contributed by atoms with Crippen LogP contribution < -0.4 is 0 Å². The molecule has 0 fully saturated rings. The van der Waals surface area contributed by atoms with E-state index in [1.807, 2.05) is 6.07 Å². The number of rotatable bonds is 1. The Labute approximate surface area is 69.4 Å². The van der Waals surface area contributed by atoms with Gasteiger partial charge in [0.15, 0.2) is 5.65 Å². The molecule has 0 aliphatic rings. The molecular formula is C7H9N5. The first-order valence-corrected chi connectivity index (χ1v) is 3.81. The van der Waals surface area contributed by atoms with Gasteiger partial charge < -0.3 is 0 Å². The zero-order valence-corrected chi connectivity index (χ0v) is 6.97. The van der Waals surface area contributed by atoms with E-state index in [0.29, 0.717) is 11.6 Å². The van der Waals surface area contributed by atoms with Crippen LogP contribution in [0.15, 0.2) is 12.3 Å². The van der Waals surface area contributed by atoms with Gasteiger partial charge in [-0.3, -0.25) is 0 Å². The second-order valence-corrected chi connectivity index (χ2v) is 2.97. The molecule has 5 nitrogen and oxygen atoms in total. The average molecular weight is 163 g/mol. The summed E-state index contributed by atoms with van der Waals surface area (Å²) in [6.45, 7) is 4.22. The van der Waals surface area contributed by atoms with Crippen LogP contribution in [0.2, 0.25) is 0 Å². The highest BCUT2D eigenvalue weighted by Crippen LogP contribution is 2.12. The van der Waals surface area contributed by atoms with Crippen molar-refractivity contribution in [1.82, 2.24) is 25.3 Å². The maximum Gasteiger partial charge on any atom is 0.200 e. The van der Waals surface area contributed by atoms with Crippen molar-refractivity contribution in [2.24, 2.45) is 0 Å². The molecule has 0 aliphatic heterocycles. The third-order valence-electron chi connectivity index (χ3n) is 1.76. The van der Waals surface area contributed by atoms with Crippen molar-refractivity contribution in [2.45, 2.75) is 19.8 Å². The van der Waals surface area contributed by atoms with Gasteiger partial charge in [0.05, 0.1) is 6.20 Å². The van der Waals surface area contributed by atoms with Crippen LogP contribution in [-0.2, 0) is 0 Å². The van der Waals surface area contributed by atoms with Gasteiger partial charge in [0.25, 0.3) is 0 Å². The van der Waals surface area contributed by atoms with Gasteiger partial charge in [-0.25, -0.2) is 0 Å². The van der Waals surface area contributed by atoms with E-state index >= 15 is 0 Å². The summed E-state index contributed by atoms with van der Waals surface area (Å²) in [5.41, 5.74) is 1.85. The predicted molar refractivity (Wildman–Crippen MR) is 42.7 cm³/mol. The lowest BCUT2D eigenvalue weighted by molar-refractivity contribution is 0.722. The number of fused-ring (bicyclic) bond motifs is 1. The summed E-state index contributed by atoms with van der Waals surface area (Å²) in [6, 6.07) is 1.94. The summed E-state index contributed by atoms with van der Waals surface area (Å²) in [6.07, 6.45) is 1.79. The molecule has 5 heteroatoms. The Hall–Kier alpha value is -1.52. The van der Waals surface area contributed by atoms with Crippen molar-refractivity contribution < 1.29 is 0 Å². The van der Waals surface area contributed by atoms with Gasteiger partial charge in [-0.1, -0.05) is 13.8 Å². The third-order valence-corrected chi connectivity index (χ3v) is 1.76. The largest absolute Gasteiger partial charge is 0.200 e. The van der Waals surface area contributed by atoms with Crippen LogP contribution in [0.5, 0.6) is 0 Å². The molecule has 0 radical (unpaired) electrons.